The van der Waals surface area contributed by atoms with Crippen molar-refractivity contribution in [1.82, 2.24) is 14.9 Å². The molecule has 0 radical (unpaired) electrons. The Kier molecular flexibility index (Phi) is 4.31. The van der Waals surface area contributed by atoms with Gasteiger partial charge in [-0.1, -0.05) is 11.6 Å². The van der Waals surface area contributed by atoms with Crippen molar-refractivity contribution < 1.29 is 9.53 Å². The molecule has 2 bridgehead atoms. The van der Waals surface area contributed by atoms with Crippen LogP contribution in [0.5, 0.6) is 0 Å². The fraction of sp³-hybridized carbons (Fsp3) is 0.667. The van der Waals surface area contributed by atoms with E-state index in [-0.39, 0.29) is 23.5 Å². The highest BCUT2D eigenvalue weighted by atomic mass is 35.5. The third-order valence-electron chi connectivity index (χ3n) is 4.06. The van der Waals surface area contributed by atoms with E-state index in [1.807, 2.05) is 25.7 Å². The first-order chi connectivity index (χ1) is 10.7. The van der Waals surface area contributed by atoms with E-state index in [9.17, 15) is 4.79 Å². The van der Waals surface area contributed by atoms with E-state index in [0.717, 1.165) is 12.8 Å². The fourth-order valence-electron chi connectivity index (χ4n) is 3.24. The van der Waals surface area contributed by atoms with Gasteiger partial charge in [0.15, 0.2) is 0 Å². The summed E-state index contributed by atoms with van der Waals surface area (Å²) in [6.07, 6.45) is 1.70. The van der Waals surface area contributed by atoms with Gasteiger partial charge in [-0.2, -0.15) is 0 Å². The molecule has 2 atom stereocenters. The molecule has 8 heteroatoms. The lowest BCUT2D eigenvalue weighted by molar-refractivity contribution is 0.0122. The van der Waals surface area contributed by atoms with Crippen LogP contribution in [0.4, 0.5) is 10.6 Å². The summed E-state index contributed by atoms with van der Waals surface area (Å²) >= 11 is 11.9. The minimum absolute atomic E-state index is 0.121. The number of aromatic nitrogens is 2. The number of halogens is 2. The van der Waals surface area contributed by atoms with Crippen molar-refractivity contribution in [1.29, 1.82) is 0 Å². The fourth-order valence-corrected chi connectivity index (χ4v) is 3.64. The average molecular weight is 359 g/mol. The maximum absolute atomic E-state index is 12.4. The highest BCUT2D eigenvalue weighted by molar-refractivity contribution is 6.32. The molecule has 1 aromatic heterocycles. The molecule has 2 fully saturated rings. The van der Waals surface area contributed by atoms with Crippen molar-refractivity contribution in [2.75, 3.05) is 18.0 Å². The predicted molar refractivity (Wildman–Crippen MR) is 89.1 cm³/mol. The van der Waals surface area contributed by atoms with Gasteiger partial charge in [-0.25, -0.2) is 14.8 Å². The second-order valence-electron chi connectivity index (χ2n) is 7.00. The minimum atomic E-state index is -0.485. The Labute approximate surface area is 145 Å². The monoisotopic (exact) mass is 358 g/mol. The van der Waals surface area contributed by atoms with Crippen molar-refractivity contribution >= 4 is 35.1 Å². The SMILES string of the molecule is CC(C)(C)OC(=O)N1[C@@H]2CC[C@H]1CN(c1cc(Cl)nc(Cl)n1)C2. The van der Waals surface area contributed by atoms with E-state index >= 15 is 0 Å². The van der Waals surface area contributed by atoms with Crippen LogP contribution in [0.1, 0.15) is 33.6 Å². The largest absolute Gasteiger partial charge is 0.444 e. The molecule has 0 spiro atoms. The van der Waals surface area contributed by atoms with E-state index in [2.05, 4.69) is 14.9 Å². The molecular formula is C15H20Cl2N4O2. The Morgan fingerprint density at radius 1 is 1.22 bits per heavy atom. The van der Waals surface area contributed by atoms with Crippen LogP contribution in [0.15, 0.2) is 6.07 Å². The van der Waals surface area contributed by atoms with Gasteiger partial charge in [-0.15, -0.1) is 0 Å². The summed E-state index contributed by atoms with van der Waals surface area (Å²) in [6.45, 7) is 7.04. The molecule has 23 heavy (non-hydrogen) atoms. The molecule has 1 aromatic rings. The van der Waals surface area contributed by atoms with Crippen LogP contribution in [-0.4, -0.2) is 51.7 Å². The lowest BCUT2D eigenvalue weighted by atomic mass is 10.2. The zero-order valence-corrected chi connectivity index (χ0v) is 14.9. The summed E-state index contributed by atoms with van der Waals surface area (Å²) in [6, 6.07) is 1.95. The Balaban J connectivity index is 1.75. The molecule has 2 saturated heterocycles. The number of rotatable bonds is 1. The van der Waals surface area contributed by atoms with Crippen LogP contribution >= 0.6 is 23.2 Å². The molecule has 0 unspecified atom stereocenters. The normalized spacial score (nSPS) is 24.0. The number of piperazine rings is 1. The van der Waals surface area contributed by atoms with Gasteiger partial charge in [0.05, 0.1) is 12.1 Å². The van der Waals surface area contributed by atoms with Gasteiger partial charge in [-0.05, 0) is 45.2 Å². The van der Waals surface area contributed by atoms with Crippen molar-refractivity contribution in [3.05, 3.63) is 16.5 Å². The number of nitrogens with zero attached hydrogens (tertiary/aromatic N) is 4. The molecule has 0 aromatic carbocycles. The molecule has 0 N–H and O–H groups in total. The maximum Gasteiger partial charge on any atom is 0.410 e. The molecule has 0 aliphatic carbocycles. The summed E-state index contributed by atoms with van der Waals surface area (Å²) in [5, 5.41) is 0.455. The summed E-state index contributed by atoms with van der Waals surface area (Å²) in [5.74, 6) is 0.704. The molecule has 1 amide bonds. The summed E-state index contributed by atoms with van der Waals surface area (Å²) in [7, 11) is 0. The third-order valence-corrected chi connectivity index (χ3v) is 4.43. The lowest BCUT2D eigenvalue weighted by Gasteiger charge is -2.41. The summed E-state index contributed by atoms with van der Waals surface area (Å²) in [4.78, 5) is 24.6. The number of fused-ring (bicyclic) bond motifs is 2. The Morgan fingerprint density at radius 3 is 2.35 bits per heavy atom. The van der Waals surface area contributed by atoms with E-state index in [4.69, 9.17) is 27.9 Å². The molecule has 3 heterocycles. The number of hydrogen-bond acceptors (Lipinski definition) is 5. The van der Waals surface area contributed by atoms with Crippen molar-refractivity contribution in [2.24, 2.45) is 0 Å². The van der Waals surface area contributed by atoms with Gasteiger partial charge >= 0.3 is 6.09 Å². The van der Waals surface area contributed by atoms with E-state index < -0.39 is 5.60 Å². The molecule has 6 nitrogen and oxygen atoms in total. The van der Waals surface area contributed by atoms with Crippen LogP contribution < -0.4 is 4.90 Å². The number of hydrogen-bond donors (Lipinski definition) is 0. The Hall–Kier alpha value is -1.27. The van der Waals surface area contributed by atoms with Crippen molar-refractivity contribution in [3.63, 3.8) is 0 Å². The molecule has 0 saturated carbocycles. The maximum atomic E-state index is 12.4. The number of carbonyl (C=O) groups is 1. The lowest BCUT2D eigenvalue weighted by Crippen LogP contribution is -2.57. The number of carbonyl (C=O) groups excluding carboxylic acids is 1. The second kappa shape index (κ2) is 5.98. The zero-order chi connectivity index (χ0) is 16.8. The Bertz CT molecular complexity index is 586. The molecule has 2 aliphatic rings. The minimum Gasteiger partial charge on any atom is -0.444 e. The molecule has 2 aliphatic heterocycles. The topological polar surface area (TPSA) is 58.6 Å². The molecule has 3 rings (SSSR count). The van der Waals surface area contributed by atoms with E-state index in [1.54, 1.807) is 6.07 Å². The van der Waals surface area contributed by atoms with Gasteiger partial charge in [0.25, 0.3) is 0 Å². The van der Waals surface area contributed by atoms with Gasteiger partial charge < -0.3 is 9.64 Å². The van der Waals surface area contributed by atoms with Crippen molar-refractivity contribution in [2.45, 2.75) is 51.3 Å². The summed E-state index contributed by atoms with van der Waals surface area (Å²) in [5.41, 5.74) is -0.485. The summed E-state index contributed by atoms with van der Waals surface area (Å²) < 4.78 is 5.54. The van der Waals surface area contributed by atoms with Gasteiger partial charge in [0.1, 0.15) is 16.6 Å². The van der Waals surface area contributed by atoms with Crippen molar-refractivity contribution in [3.8, 4) is 0 Å². The quantitative estimate of drug-likeness (QED) is 0.568. The number of anilines is 1. The van der Waals surface area contributed by atoms with Gasteiger partial charge in [0.2, 0.25) is 5.28 Å². The van der Waals surface area contributed by atoms with Crippen LogP contribution in [-0.2, 0) is 4.74 Å². The first-order valence-electron chi connectivity index (χ1n) is 7.69. The van der Waals surface area contributed by atoms with E-state index in [1.165, 1.54) is 0 Å². The van der Waals surface area contributed by atoms with Gasteiger partial charge in [-0.3, -0.25) is 4.90 Å². The standard InChI is InChI=1S/C15H20Cl2N4O2/c1-15(2,3)23-14(22)21-9-4-5-10(21)8-20(7-9)12-6-11(16)18-13(17)19-12/h6,9-10H,4-5,7-8H2,1-3H3/t9-,10+. The molecule has 126 valence electrons. The highest BCUT2D eigenvalue weighted by Crippen LogP contribution is 2.34. The number of ether oxygens (including phenoxy) is 1. The first-order valence-corrected chi connectivity index (χ1v) is 8.45. The average Bonchev–Trinajstić information content (AvgIpc) is 2.66. The van der Waals surface area contributed by atoms with E-state index in [0.29, 0.717) is 24.1 Å². The van der Waals surface area contributed by atoms with Crippen LogP contribution in [0, 0.1) is 0 Å². The van der Waals surface area contributed by atoms with Crippen LogP contribution in [0.3, 0.4) is 0 Å². The molecular weight excluding hydrogens is 339 g/mol. The predicted octanol–water partition coefficient (Wildman–Crippen LogP) is 3.37. The third kappa shape index (κ3) is 3.63. The van der Waals surface area contributed by atoms with Crippen LogP contribution in [0.25, 0.3) is 0 Å². The second-order valence-corrected chi connectivity index (χ2v) is 7.72. The Morgan fingerprint density at radius 2 is 1.83 bits per heavy atom. The number of amides is 1. The highest BCUT2D eigenvalue weighted by Gasteiger charge is 2.44. The van der Waals surface area contributed by atoms with Crippen LogP contribution in [0.2, 0.25) is 10.4 Å². The smallest absolute Gasteiger partial charge is 0.410 e. The first kappa shape index (κ1) is 16.6. The van der Waals surface area contributed by atoms with Gasteiger partial charge in [0, 0.05) is 19.2 Å². The zero-order valence-electron chi connectivity index (χ0n) is 13.4.